The fourth-order valence-electron chi connectivity index (χ4n) is 3.01. The molecule has 1 amide bonds. The maximum absolute atomic E-state index is 12.7. The van der Waals surface area contributed by atoms with Crippen LogP contribution in [0.1, 0.15) is 33.3 Å². The summed E-state index contributed by atoms with van der Waals surface area (Å²) in [6.45, 7) is 8.67. The zero-order chi connectivity index (χ0) is 20.3. The van der Waals surface area contributed by atoms with Crippen molar-refractivity contribution in [2.24, 2.45) is 0 Å². The first kappa shape index (κ1) is 19.9. The van der Waals surface area contributed by atoms with Gasteiger partial charge in [0, 0.05) is 12.2 Å². The highest BCUT2D eigenvalue weighted by Crippen LogP contribution is 2.24. The number of aromatic nitrogens is 2. The SMILES string of the molecule is C[C@H](O)CNc1nc2ccccc2n1CC(=O)Nc1ccc(C(C)(C)C)cc1. The van der Waals surface area contributed by atoms with Crippen molar-refractivity contribution >= 4 is 28.6 Å². The van der Waals surface area contributed by atoms with Crippen LogP contribution >= 0.6 is 0 Å². The van der Waals surface area contributed by atoms with Gasteiger partial charge in [0.05, 0.1) is 17.1 Å². The Morgan fingerprint density at radius 3 is 2.46 bits per heavy atom. The van der Waals surface area contributed by atoms with Crippen molar-refractivity contribution in [2.45, 2.75) is 45.8 Å². The number of anilines is 2. The zero-order valence-corrected chi connectivity index (χ0v) is 16.9. The van der Waals surface area contributed by atoms with Crippen LogP contribution in [-0.2, 0) is 16.8 Å². The summed E-state index contributed by atoms with van der Waals surface area (Å²) in [5.74, 6) is 0.437. The van der Waals surface area contributed by atoms with Crippen LogP contribution in [0, 0.1) is 0 Å². The van der Waals surface area contributed by atoms with Gasteiger partial charge < -0.3 is 20.3 Å². The molecule has 0 fully saturated rings. The number of fused-ring (bicyclic) bond motifs is 1. The summed E-state index contributed by atoms with van der Waals surface area (Å²) in [5.41, 5.74) is 3.73. The number of carbonyl (C=O) groups is 1. The van der Waals surface area contributed by atoms with E-state index in [9.17, 15) is 9.90 Å². The second-order valence-electron chi connectivity index (χ2n) is 8.12. The molecule has 2 aromatic carbocycles. The average Bonchev–Trinajstić information content (AvgIpc) is 2.97. The van der Waals surface area contributed by atoms with Gasteiger partial charge in [-0.3, -0.25) is 4.79 Å². The minimum absolute atomic E-state index is 0.0721. The summed E-state index contributed by atoms with van der Waals surface area (Å²) in [5, 5.41) is 15.6. The van der Waals surface area contributed by atoms with Crippen molar-refractivity contribution in [3.63, 3.8) is 0 Å². The summed E-state index contributed by atoms with van der Waals surface area (Å²) < 4.78 is 1.83. The number of nitrogens with one attached hydrogen (secondary N) is 2. The van der Waals surface area contributed by atoms with E-state index in [0.29, 0.717) is 12.5 Å². The van der Waals surface area contributed by atoms with E-state index in [2.05, 4.69) is 36.4 Å². The first-order valence-corrected chi connectivity index (χ1v) is 9.51. The number of para-hydroxylation sites is 2. The second-order valence-corrected chi connectivity index (χ2v) is 8.12. The van der Waals surface area contributed by atoms with E-state index in [-0.39, 0.29) is 17.9 Å². The smallest absolute Gasteiger partial charge is 0.244 e. The molecular weight excluding hydrogens is 352 g/mol. The molecule has 1 aromatic heterocycles. The molecule has 0 unspecified atom stereocenters. The molecule has 6 nitrogen and oxygen atoms in total. The first-order valence-electron chi connectivity index (χ1n) is 9.51. The Morgan fingerprint density at radius 2 is 1.82 bits per heavy atom. The van der Waals surface area contributed by atoms with Gasteiger partial charge in [-0.15, -0.1) is 0 Å². The van der Waals surface area contributed by atoms with Gasteiger partial charge in [0.25, 0.3) is 0 Å². The van der Waals surface area contributed by atoms with Crippen LogP contribution in [0.5, 0.6) is 0 Å². The van der Waals surface area contributed by atoms with Gasteiger partial charge in [-0.25, -0.2) is 4.98 Å². The van der Waals surface area contributed by atoms with Crippen molar-refractivity contribution < 1.29 is 9.90 Å². The first-order chi connectivity index (χ1) is 13.2. The lowest BCUT2D eigenvalue weighted by atomic mass is 9.87. The third kappa shape index (κ3) is 4.70. The Morgan fingerprint density at radius 1 is 1.14 bits per heavy atom. The Kier molecular flexibility index (Phi) is 5.70. The van der Waals surface area contributed by atoms with Crippen LogP contribution in [0.15, 0.2) is 48.5 Å². The van der Waals surface area contributed by atoms with Crippen molar-refractivity contribution in [1.82, 2.24) is 9.55 Å². The standard InChI is InChI=1S/C22H28N4O2/c1-15(27)13-23-21-25-18-7-5-6-8-19(18)26(21)14-20(28)24-17-11-9-16(10-12-17)22(2,3)4/h5-12,15,27H,13-14H2,1-4H3,(H,23,25)(H,24,28)/t15-/m0/s1. The lowest BCUT2D eigenvalue weighted by Crippen LogP contribution is -2.22. The Balaban J connectivity index is 1.77. The molecule has 0 spiro atoms. The summed E-state index contributed by atoms with van der Waals surface area (Å²) in [7, 11) is 0. The lowest BCUT2D eigenvalue weighted by Gasteiger charge is -2.19. The number of nitrogens with zero attached hydrogens (tertiary/aromatic N) is 2. The molecule has 3 rings (SSSR count). The summed E-state index contributed by atoms with van der Waals surface area (Å²) >= 11 is 0. The molecule has 1 heterocycles. The predicted octanol–water partition coefficient (Wildman–Crippen LogP) is 3.77. The Bertz CT molecular complexity index is 953. The molecule has 3 aromatic rings. The molecule has 1 atom stereocenters. The molecule has 0 aliphatic rings. The van der Waals surface area contributed by atoms with Crippen molar-refractivity contribution in [3.8, 4) is 0 Å². The van der Waals surface area contributed by atoms with E-state index in [1.807, 2.05) is 53.1 Å². The van der Waals surface area contributed by atoms with Gasteiger partial charge in [0.2, 0.25) is 11.9 Å². The number of hydrogen-bond acceptors (Lipinski definition) is 4. The zero-order valence-electron chi connectivity index (χ0n) is 16.9. The van der Waals surface area contributed by atoms with E-state index < -0.39 is 6.10 Å². The Hall–Kier alpha value is -2.86. The summed E-state index contributed by atoms with van der Waals surface area (Å²) in [6.07, 6.45) is -0.511. The number of rotatable bonds is 6. The lowest BCUT2D eigenvalue weighted by molar-refractivity contribution is -0.116. The van der Waals surface area contributed by atoms with Crippen LogP contribution in [0.2, 0.25) is 0 Å². The fraction of sp³-hybridized carbons (Fsp3) is 0.364. The maximum atomic E-state index is 12.7. The molecule has 148 valence electrons. The monoisotopic (exact) mass is 380 g/mol. The summed E-state index contributed by atoms with van der Waals surface area (Å²) in [4.78, 5) is 17.2. The number of aliphatic hydroxyl groups is 1. The van der Waals surface area contributed by atoms with Crippen molar-refractivity contribution in [3.05, 3.63) is 54.1 Å². The van der Waals surface area contributed by atoms with E-state index in [4.69, 9.17) is 0 Å². The second kappa shape index (κ2) is 8.02. The molecule has 3 N–H and O–H groups in total. The molecule has 0 saturated heterocycles. The van der Waals surface area contributed by atoms with E-state index in [1.165, 1.54) is 5.56 Å². The van der Waals surface area contributed by atoms with Crippen LogP contribution in [0.4, 0.5) is 11.6 Å². The van der Waals surface area contributed by atoms with Crippen LogP contribution in [-0.4, -0.2) is 33.2 Å². The van der Waals surface area contributed by atoms with Crippen molar-refractivity contribution in [1.29, 1.82) is 0 Å². The van der Waals surface area contributed by atoms with Gasteiger partial charge in [-0.05, 0) is 42.2 Å². The van der Waals surface area contributed by atoms with Gasteiger partial charge in [0.15, 0.2) is 0 Å². The van der Waals surface area contributed by atoms with Crippen molar-refractivity contribution in [2.75, 3.05) is 17.2 Å². The topological polar surface area (TPSA) is 79.2 Å². The highest BCUT2D eigenvalue weighted by atomic mass is 16.3. The quantitative estimate of drug-likeness (QED) is 0.608. The van der Waals surface area contributed by atoms with E-state index in [0.717, 1.165) is 16.7 Å². The van der Waals surface area contributed by atoms with E-state index >= 15 is 0 Å². The number of imidazole rings is 1. The van der Waals surface area contributed by atoms with Gasteiger partial charge in [-0.2, -0.15) is 0 Å². The molecular formula is C22H28N4O2. The van der Waals surface area contributed by atoms with Gasteiger partial charge >= 0.3 is 0 Å². The minimum atomic E-state index is -0.511. The highest BCUT2D eigenvalue weighted by molar-refractivity contribution is 5.92. The molecule has 0 radical (unpaired) electrons. The highest BCUT2D eigenvalue weighted by Gasteiger charge is 2.15. The summed E-state index contributed by atoms with van der Waals surface area (Å²) in [6, 6.07) is 15.6. The number of carbonyl (C=O) groups excluding carboxylic acids is 1. The van der Waals surface area contributed by atoms with Crippen LogP contribution < -0.4 is 10.6 Å². The number of amides is 1. The third-order valence-electron chi connectivity index (χ3n) is 4.55. The molecule has 0 saturated carbocycles. The molecule has 6 heteroatoms. The largest absolute Gasteiger partial charge is 0.392 e. The molecule has 0 aliphatic carbocycles. The normalized spacial score (nSPS) is 12.8. The van der Waals surface area contributed by atoms with Gasteiger partial charge in [-0.1, -0.05) is 45.0 Å². The molecule has 0 bridgehead atoms. The molecule has 28 heavy (non-hydrogen) atoms. The number of hydrogen-bond donors (Lipinski definition) is 3. The van der Waals surface area contributed by atoms with Gasteiger partial charge in [0.1, 0.15) is 6.54 Å². The predicted molar refractivity (Wildman–Crippen MR) is 114 cm³/mol. The fourth-order valence-corrected chi connectivity index (χ4v) is 3.01. The minimum Gasteiger partial charge on any atom is -0.392 e. The van der Waals surface area contributed by atoms with Crippen LogP contribution in [0.25, 0.3) is 11.0 Å². The average molecular weight is 380 g/mol. The van der Waals surface area contributed by atoms with Crippen LogP contribution in [0.3, 0.4) is 0 Å². The third-order valence-corrected chi connectivity index (χ3v) is 4.55. The maximum Gasteiger partial charge on any atom is 0.244 e. The van der Waals surface area contributed by atoms with E-state index in [1.54, 1.807) is 6.92 Å². The Labute approximate surface area is 165 Å². The number of benzene rings is 2. The number of aliphatic hydroxyl groups excluding tert-OH is 1. The molecule has 0 aliphatic heterocycles.